The molecule has 1 aromatic rings. The first-order valence-electron chi connectivity index (χ1n) is 4.81. The van der Waals surface area contributed by atoms with Gasteiger partial charge in [-0.2, -0.15) is 0 Å². The SMILES string of the molecule is CCc1nc(N)cc(NC(CO)CO)n1. The molecule has 84 valence electrons. The van der Waals surface area contributed by atoms with Gasteiger partial charge in [0, 0.05) is 12.5 Å². The lowest BCUT2D eigenvalue weighted by Crippen LogP contribution is -2.28. The third-order valence-corrected chi connectivity index (χ3v) is 1.90. The molecule has 0 fully saturated rings. The topological polar surface area (TPSA) is 104 Å². The van der Waals surface area contributed by atoms with E-state index in [-0.39, 0.29) is 13.2 Å². The van der Waals surface area contributed by atoms with Gasteiger partial charge in [0.2, 0.25) is 0 Å². The third-order valence-electron chi connectivity index (χ3n) is 1.90. The smallest absolute Gasteiger partial charge is 0.132 e. The number of rotatable bonds is 5. The van der Waals surface area contributed by atoms with Gasteiger partial charge in [-0.15, -0.1) is 0 Å². The lowest BCUT2D eigenvalue weighted by Gasteiger charge is -2.14. The van der Waals surface area contributed by atoms with E-state index >= 15 is 0 Å². The number of nitrogens with two attached hydrogens (primary N) is 1. The fourth-order valence-electron chi connectivity index (χ4n) is 1.11. The first-order valence-corrected chi connectivity index (χ1v) is 4.81. The number of aryl methyl sites for hydroxylation is 1. The molecule has 0 saturated carbocycles. The van der Waals surface area contributed by atoms with Crippen molar-refractivity contribution in [2.24, 2.45) is 0 Å². The molecule has 1 aromatic heterocycles. The first kappa shape index (κ1) is 11.7. The second-order valence-electron chi connectivity index (χ2n) is 3.15. The number of aromatic nitrogens is 2. The quantitative estimate of drug-likeness (QED) is 0.519. The molecule has 15 heavy (non-hydrogen) atoms. The van der Waals surface area contributed by atoms with E-state index in [0.717, 1.165) is 0 Å². The molecule has 6 nitrogen and oxygen atoms in total. The highest BCUT2D eigenvalue weighted by atomic mass is 16.3. The van der Waals surface area contributed by atoms with E-state index in [1.807, 2.05) is 6.92 Å². The van der Waals surface area contributed by atoms with Gasteiger partial charge in [0.05, 0.1) is 19.3 Å². The van der Waals surface area contributed by atoms with E-state index < -0.39 is 6.04 Å². The maximum absolute atomic E-state index is 8.89. The molecule has 0 aliphatic rings. The molecule has 5 N–H and O–H groups in total. The van der Waals surface area contributed by atoms with Crippen LogP contribution in [0.2, 0.25) is 0 Å². The number of nitrogens with zero attached hydrogens (tertiary/aromatic N) is 2. The molecule has 0 spiro atoms. The average Bonchev–Trinajstić information content (AvgIpc) is 2.25. The Balaban J connectivity index is 2.79. The van der Waals surface area contributed by atoms with Crippen LogP contribution >= 0.6 is 0 Å². The summed E-state index contributed by atoms with van der Waals surface area (Å²) in [5, 5.41) is 20.6. The predicted octanol–water partition coefficient (Wildman–Crippen LogP) is -0.614. The number of hydrogen-bond acceptors (Lipinski definition) is 6. The molecule has 1 rings (SSSR count). The summed E-state index contributed by atoms with van der Waals surface area (Å²) < 4.78 is 0. The Kier molecular flexibility index (Phi) is 4.26. The van der Waals surface area contributed by atoms with Gasteiger partial charge in [-0.05, 0) is 0 Å². The highest BCUT2D eigenvalue weighted by Crippen LogP contribution is 2.09. The van der Waals surface area contributed by atoms with Crippen LogP contribution in [-0.2, 0) is 6.42 Å². The molecule has 1 heterocycles. The molecular formula is C9H16N4O2. The standard InChI is InChI=1S/C9H16N4O2/c1-2-8-12-7(10)3-9(13-8)11-6(4-14)5-15/h3,6,14-15H,2,4-5H2,1H3,(H3,10,11,12,13). The minimum atomic E-state index is -0.427. The van der Waals surface area contributed by atoms with Crippen LogP contribution in [0.4, 0.5) is 11.6 Å². The first-order chi connectivity index (χ1) is 7.19. The number of aliphatic hydroxyl groups is 2. The maximum atomic E-state index is 8.89. The van der Waals surface area contributed by atoms with Crippen LogP contribution < -0.4 is 11.1 Å². The molecule has 0 bridgehead atoms. The largest absolute Gasteiger partial charge is 0.394 e. The summed E-state index contributed by atoms with van der Waals surface area (Å²) in [4.78, 5) is 8.18. The fourth-order valence-corrected chi connectivity index (χ4v) is 1.11. The Hall–Kier alpha value is -1.40. The Morgan fingerprint density at radius 1 is 1.40 bits per heavy atom. The number of hydrogen-bond donors (Lipinski definition) is 4. The predicted molar refractivity (Wildman–Crippen MR) is 57.4 cm³/mol. The van der Waals surface area contributed by atoms with Crippen molar-refractivity contribution >= 4 is 11.6 Å². The van der Waals surface area contributed by atoms with Gasteiger partial charge in [-0.3, -0.25) is 0 Å². The van der Waals surface area contributed by atoms with Crippen LogP contribution in [0.25, 0.3) is 0 Å². The Bertz CT molecular complexity index is 315. The third kappa shape index (κ3) is 3.34. The molecule has 0 atom stereocenters. The minimum absolute atomic E-state index is 0.165. The fraction of sp³-hybridized carbons (Fsp3) is 0.556. The van der Waals surface area contributed by atoms with E-state index in [1.54, 1.807) is 6.07 Å². The van der Waals surface area contributed by atoms with Crippen LogP contribution in [0.15, 0.2) is 6.07 Å². The summed E-state index contributed by atoms with van der Waals surface area (Å²) in [7, 11) is 0. The number of nitrogen functional groups attached to an aromatic ring is 1. The summed E-state index contributed by atoms with van der Waals surface area (Å²) in [6.07, 6.45) is 0.683. The van der Waals surface area contributed by atoms with E-state index in [2.05, 4.69) is 15.3 Å². The second kappa shape index (κ2) is 5.47. The summed E-state index contributed by atoms with van der Waals surface area (Å²) >= 11 is 0. The van der Waals surface area contributed by atoms with Crippen molar-refractivity contribution in [3.8, 4) is 0 Å². The number of nitrogens with one attached hydrogen (secondary N) is 1. The summed E-state index contributed by atoms with van der Waals surface area (Å²) in [6.45, 7) is 1.60. The molecule has 6 heteroatoms. The van der Waals surface area contributed by atoms with E-state index in [0.29, 0.717) is 23.9 Å². The summed E-state index contributed by atoms with van der Waals surface area (Å²) in [5.74, 6) is 1.53. The summed E-state index contributed by atoms with van der Waals surface area (Å²) in [6, 6.07) is 1.14. The lowest BCUT2D eigenvalue weighted by atomic mass is 10.3. The van der Waals surface area contributed by atoms with Gasteiger partial charge in [0.15, 0.2) is 0 Å². The zero-order valence-corrected chi connectivity index (χ0v) is 8.64. The van der Waals surface area contributed by atoms with Crippen LogP contribution in [-0.4, -0.2) is 39.4 Å². The molecule has 0 aliphatic heterocycles. The van der Waals surface area contributed by atoms with Crippen LogP contribution in [0.1, 0.15) is 12.7 Å². The van der Waals surface area contributed by atoms with Gasteiger partial charge in [0.1, 0.15) is 17.5 Å². The summed E-state index contributed by atoms with van der Waals surface area (Å²) in [5.41, 5.74) is 5.58. The van der Waals surface area contributed by atoms with E-state index in [9.17, 15) is 0 Å². The molecule has 0 aromatic carbocycles. The molecule has 0 unspecified atom stereocenters. The Morgan fingerprint density at radius 2 is 2.07 bits per heavy atom. The molecule has 0 amide bonds. The van der Waals surface area contributed by atoms with E-state index in [4.69, 9.17) is 15.9 Å². The minimum Gasteiger partial charge on any atom is -0.394 e. The highest BCUT2D eigenvalue weighted by Gasteiger charge is 2.07. The molecular weight excluding hydrogens is 196 g/mol. The van der Waals surface area contributed by atoms with Gasteiger partial charge < -0.3 is 21.3 Å². The molecule has 0 aliphatic carbocycles. The molecule has 0 radical (unpaired) electrons. The zero-order valence-electron chi connectivity index (χ0n) is 8.64. The normalized spacial score (nSPS) is 10.7. The van der Waals surface area contributed by atoms with Crippen molar-refractivity contribution in [2.45, 2.75) is 19.4 Å². The van der Waals surface area contributed by atoms with Gasteiger partial charge in [0.25, 0.3) is 0 Å². The van der Waals surface area contributed by atoms with Gasteiger partial charge >= 0.3 is 0 Å². The van der Waals surface area contributed by atoms with Crippen molar-refractivity contribution < 1.29 is 10.2 Å². The van der Waals surface area contributed by atoms with Crippen LogP contribution in [0, 0.1) is 0 Å². The van der Waals surface area contributed by atoms with Crippen LogP contribution in [0.5, 0.6) is 0 Å². The van der Waals surface area contributed by atoms with E-state index in [1.165, 1.54) is 0 Å². The zero-order chi connectivity index (χ0) is 11.3. The highest BCUT2D eigenvalue weighted by molar-refractivity contribution is 5.45. The maximum Gasteiger partial charge on any atom is 0.132 e. The number of aliphatic hydroxyl groups excluding tert-OH is 2. The monoisotopic (exact) mass is 212 g/mol. The Labute approximate surface area is 88.2 Å². The molecule has 0 saturated heterocycles. The van der Waals surface area contributed by atoms with Crippen molar-refractivity contribution in [3.63, 3.8) is 0 Å². The average molecular weight is 212 g/mol. The van der Waals surface area contributed by atoms with Crippen molar-refractivity contribution in [2.75, 3.05) is 24.3 Å². The second-order valence-corrected chi connectivity index (χ2v) is 3.15. The number of anilines is 2. The Morgan fingerprint density at radius 3 is 2.60 bits per heavy atom. The van der Waals surface area contributed by atoms with Crippen molar-refractivity contribution in [1.82, 2.24) is 9.97 Å². The van der Waals surface area contributed by atoms with Gasteiger partial charge in [-0.25, -0.2) is 9.97 Å². The van der Waals surface area contributed by atoms with Crippen molar-refractivity contribution in [3.05, 3.63) is 11.9 Å². The van der Waals surface area contributed by atoms with Gasteiger partial charge in [-0.1, -0.05) is 6.92 Å². The van der Waals surface area contributed by atoms with Crippen molar-refractivity contribution in [1.29, 1.82) is 0 Å². The van der Waals surface area contributed by atoms with Crippen LogP contribution in [0.3, 0.4) is 0 Å². The lowest BCUT2D eigenvalue weighted by molar-refractivity contribution is 0.203.